The van der Waals surface area contributed by atoms with Crippen molar-refractivity contribution in [1.82, 2.24) is 9.13 Å². The monoisotopic (exact) mass is 356 g/mol. The Morgan fingerprint density at radius 2 is 1.24 bits per heavy atom. The molecule has 8 nitrogen and oxygen atoms in total. The van der Waals surface area contributed by atoms with Crippen LogP contribution in [0.25, 0.3) is 0 Å². The molecule has 142 valence electrons. The highest BCUT2D eigenvalue weighted by molar-refractivity contribution is 4.66. The van der Waals surface area contributed by atoms with Gasteiger partial charge in [-0.15, -0.1) is 0 Å². The number of aromatic nitrogens is 4. The van der Waals surface area contributed by atoms with Crippen LogP contribution in [0.1, 0.15) is 25.7 Å². The van der Waals surface area contributed by atoms with Gasteiger partial charge in [-0.2, -0.15) is 0 Å². The summed E-state index contributed by atoms with van der Waals surface area (Å²) in [7, 11) is 0. The van der Waals surface area contributed by atoms with Crippen molar-refractivity contribution in [2.45, 2.75) is 52.0 Å². The van der Waals surface area contributed by atoms with E-state index < -0.39 is 0 Å². The third kappa shape index (κ3) is 9.35. The van der Waals surface area contributed by atoms with E-state index in [-0.39, 0.29) is 26.6 Å². The average molecular weight is 356 g/mol. The maximum absolute atomic E-state index is 8.65. The Hall–Kier alpha value is -1.74. The Morgan fingerprint density at radius 1 is 0.640 bits per heavy atom. The minimum Gasteiger partial charge on any atom is -0.396 e. The van der Waals surface area contributed by atoms with Crippen LogP contribution in [0.5, 0.6) is 0 Å². The highest BCUT2D eigenvalue weighted by Gasteiger charge is 2.02. The normalized spacial score (nSPS) is 10.6. The van der Waals surface area contributed by atoms with E-state index in [0.717, 1.165) is 38.8 Å². The molecule has 2 aromatic heterocycles. The summed E-state index contributed by atoms with van der Waals surface area (Å²) in [4.78, 5) is 0. The summed E-state index contributed by atoms with van der Waals surface area (Å²) in [5, 5.41) is 34.4. The molecule has 0 aliphatic heterocycles. The van der Waals surface area contributed by atoms with Gasteiger partial charge in [0.15, 0.2) is 6.73 Å². The van der Waals surface area contributed by atoms with Gasteiger partial charge in [0.1, 0.15) is 31.3 Å². The van der Waals surface area contributed by atoms with Gasteiger partial charge < -0.3 is 20.4 Å². The molecular formula is C17H32N4O4+2. The van der Waals surface area contributed by atoms with E-state index in [4.69, 9.17) is 20.4 Å². The van der Waals surface area contributed by atoms with Gasteiger partial charge >= 0.3 is 0 Å². The van der Waals surface area contributed by atoms with Gasteiger partial charge in [-0.25, -0.2) is 18.3 Å². The Balaban J connectivity index is 0.000000271. The van der Waals surface area contributed by atoms with Crippen molar-refractivity contribution in [2.24, 2.45) is 0 Å². The predicted molar refractivity (Wildman–Crippen MR) is 91.2 cm³/mol. The molecule has 0 saturated carbocycles. The standard InChI is InChI=1S/C11H21N2O2.C6H11N2O2/c14-9-3-1-5-12-7-8-13(11-12)6-2-4-10-15;9-4-3-7-1-2-8(5-7)6-10/h7-8,11,14-15H,1-6,9-10H2;1-2,5,9-10H,3-4,6H2/q2*+1. The van der Waals surface area contributed by atoms with Crippen LogP contribution in [0, 0.1) is 0 Å². The van der Waals surface area contributed by atoms with Gasteiger partial charge in [0.2, 0.25) is 12.7 Å². The first-order chi connectivity index (χ1) is 12.2. The molecule has 2 aromatic rings. The number of nitrogens with zero attached hydrogens (tertiary/aromatic N) is 4. The van der Waals surface area contributed by atoms with Crippen LogP contribution in [0.15, 0.2) is 37.4 Å². The highest BCUT2D eigenvalue weighted by Crippen LogP contribution is 1.94. The first-order valence-electron chi connectivity index (χ1n) is 8.76. The lowest BCUT2D eigenvalue weighted by Crippen LogP contribution is -2.31. The molecule has 0 bridgehead atoms. The quantitative estimate of drug-likeness (QED) is 0.308. The number of unbranched alkanes of at least 4 members (excludes halogenated alkanes) is 2. The second-order valence-electron chi connectivity index (χ2n) is 5.78. The van der Waals surface area contributed by atoms with Crippen molar-refractivity contribution >= 4 is 0 Å². The molecule has 0 unspecified atom stereocenters. The van der Waals surface area contributed by atoms with E-state index in [2.05, 4.69) is 27.9 Å². The van der Waals surface area contributed by atoms with Gasteiger partial charge in [-0.05, 0) is 25.7 Å². The van der Waals surface area contributed by atoms with Crippen molar-refractivity contribution in [2.75, 3.05) is 19.8 Å². The molecule has 2 rings (SSSR count). The summed E-state index contributed by atoms with van der Waals surface area (Å²) in [6, 6.07) is 0. The minimum atomic E-state index is -0.0154. The second-order valence-corrected chi connectivity index (χ2v) is 5.78. The zero-order valence-corrected chi connectivity index (χ0v) is 14.8. The molecule has 25 heavy (non-hydrogen) atoms. The van der Waals surface area contributed by atoms with E-state index in [1.54, 1.807) is 27.9 Å². The average Bonchev–Trinajstić information content (AvgIpc) is 3.26. The van der Waals surface area contributed by atoms with Crippen LogP contribution in [0.3, 0.4) is 0 Å². The smallest absolute Gasteiger partial charge is 0.245 e. The number of imidazole rings is 2. The van der Waals surface area contributed by atoms with Gasteiger partial charge in [0.25, 0.3) is 0 Å². The summed E-state index contributed by atoms with van der Waals surface area (Å²) >= 11 is 0. The summed E-state index contributed by atoms with van der Waals surface area (Å²) in [6.07, 6.45) is 15.2. The second kappa shape index (κ2) is 13.5. The van der Waals surface area contributed by atoms with Gasteiger partial charge in [0, 0.05) is 13.2 Å². The lowest BCUT2D eigenvalue weighted by atomic mass is 10.3. The van der Waals surface area contributed by atoms with Crippen LogP contribution in [0.2, 0.25) is 0 Å². The van der Waals surface area contributed by atoms with E-state index in [9.17, 15) is 0 Å². The molecule has 0 radical (unpaired) electrons. The number of aryl methyl sites for hydroxylation is 2. The number of aliphatic hydroxyl groups is 4. The summed E-state index contributed by atoms with van der Waals surface area (Å²) < 4.78 is 7.69. The number of aliphatic hydroxyl groups excluding tert-OH is 4. The maximum Gasteiger partial charge on any atom is 0.245 e. The molecular weight excluding hydrogens is 324 g/mol. The summed E-state index contributed by atoms with van der Waals surface area (Å²) in [5.74, 6) is 0. The molecule has 8 heteroatoms. The van der Waals surface area contributed by atoms with Crippen molar-refractivity contribution in [3.05, 3.63) is 37.4 Å². The molecule has 0 atom stereocenters. The Bertz CT molecular complexity index is 532. The molecule has 0 fully saturated rings. The van der Waals surface area contributed by atoms with Crippen molar-refractivity contribution < 1.29 is 29.6 Å². The van der Waals surface area contributed by atoms with E-state index in [0.29, 0.717) is 6.54 Å². The first kappa shape index (κ1) is 21.3. The van der Waals surface area contributed by atoms with Crippen LogP contribution >= 0.6 is 0 Å². The fourth-order valence-corrected chi connectivity index (χ4v) is 2.29. The summed E-state index contributed by atoms with van der Waals surface area (Å²) in [6.45, 7) is 3.17. The first-order valence-corrected chi connectivity index (χ1v) is 8.76. The Morgan fingerprint density at radius 3 is 1.84 bits per heavy atom. The summed E-state index contributed by atoms with van der Waals surface area (Å²) in [5.41, 5.74) is 0. The fourth-order valence-electron chi connectivity index (χ4n) is 2.29. The molecule has 0 spiro atoms. The predicted octanol–water partition coefficient (Wildman–Crippen LogP) is -0.962. The Labute approximate surface area is 148 Å². The van der Waals surface area contributed by atoms with Gasteiger partial charge in [-0.3, -0.25) is 0 Å². The molecule has 4 N–H and O–H groups in total. The highest BCUT2D eigenvalue weighted by atomic mass is 16.3. The van der Waals surface area contributed by atoms with Crippen LogP contribution < -0.4 is 9.13 Å². The van der Waals surface area contributed by atoms with Gasteiger partial charge in [0.05, 0.1) is 19.7 Å². The largest absolute Gasteiger partial charge is 0.396 e. The van der Waals surface area contributed by atoms with Crippen LogP contribution in [-0.4, -0.2) is 49.4 Å². The number of hydrogen-bond donors (Lipinski definition) is 4. The topological polar surface area (TPSA) is 98.5 Å². The number of hydrogen-bond acceptors (Lipinski definition) is 4. The molecule has 0 aliphatic rings. The third-order valence-corrected chi connectivity index (χ3v) is 3.66. The molecule has 0 amide bonds. The molecule has 0 saturated heterocycles. The third-order valence-electron chi connectivity index (χ3n) is 3.66. The van der Waals surface area contributed by atoms with Crippen molar-refractivity contribution in [1.29, 1.82) is 0 Å². The maximum atomic E-state index is 8.65. The minimum absolute atomic E-state index is 0.0154. The van der Waals surface area contributed by atoms with Crippen molar-refractivity contribution in [3.8, 4) is 0 Å². The molecule has 0 aromatic carbocycles. The lowest BCUT2D eigenvalue weighted by Gasteiger charge is -1.95. The molecule has 2 heterocycles. The van der Waals surface area contributed by atoms with Crippen LogP contribution in [0.4, 0.5) is 0 Å². The number of rotatable bonds is 11. The van der Waals surface area contributed by atoms with Crippen molar-refractivity contribution in [3.63, 3.8) is 0 Å². The van der Waals surface area contributed by atoms with E-state index in [1.807, 2.05) is 0 Å². The SMILES string of the molecule is OCCCCn1cc[n+](CCCCO)c1.OCCn1cc[n+](CO)c1. The van der Waals surface area contributed by atoms with Crippen LogP contribution in [-0.2, 0) is 26.4 Å². The lowest BCUT2D eigenvalue weighted by molar-refractivity contribution is -0.729. The van der Waals surface area contributed by atoms with Gasteiger partial charge in [-0.1, -0.05) is 0 Å². The zero-order valence-electron chi connectivity index (χ0n) is 14.8. The Kier molecular flexibility index (Phi) is 11.5. The fraction of sp³-hybridized carbons (Fsp3) is 0.647. The van der Waals surface area contributed by atoms with E-state index >= 15 is 0 Å². The van der Waals surface area contributed by atoms with E-state index in [1.165, 1.54) is 0 Å². The molecule has 0 aliphatic carbocycles. The zero-order chi connectivity index (χ0) is 18.3.